The maximum Gasteiger partial charge on any atom is 0.322 e. The molecule has 2 N–H and O–H groups in total. The van der Waals surface area contributed by atoms with Crippen molar-refractivity contribution in [2.75, 3.05) is 40.4 Å². The molecule has 8 heteroatoms. The Bertz CT molecular complexity index is 467. The number of aliphatic carboxylic acids is 1. The average molecular weight is 333 g/mol. The van der Waals surface area contributed by atoms with Gasteiger partial charge in [-0.2, -0.15) is 0 Å². The van der Waals surface area contributed by atoms with E-state index in [2.05, 4.69) is 5.32 Å². The molecule has 7 nitrogen and oxygen atoms in total. The van der Waals surface area contributed by atoms with Gasteiger partial charge in [-0.25, -0.2) is 0 Å². The van der Waals surface area contributed by atoms with Crippen LogP contribution in [0.3, 0.4) is 0 Å². The Morgan fingerprint density at radius 3 is 2.36 bits per heavy atom. The molecule has 0 aromatic heterocycles. The Kier molecular flexibility index (Phi) is 9.73. The predicted molar refractivity (Wildman–Crippen MR) is 83.9 cm³/mol. The summed E-state index contributed by atoms with van der Waals surface area (Å²) in [4.78, 5) is 23.4. The van der Waals surface area contributed by atoms with Crippen molar-refractivity contribution in [2.24, 2.45) is 0 Å². The zero-order valence-corrected chi connectivity index (χ0v) is 13.4. The minimum Gasteiger partial charge on any atom is -0.497 e. The molecule has 0 saturated carbocycles. The maximum absolute atomic E-state index is 11.4. The van der Waals surface area contributed by atoms with Crippen molar-refractivity contribution >= 4 is 24.3 Å². The fraction of sp³-hybridized carbons (Fsp3) is 0.429. The number of carboxylic acid groups (broad SMARTS) is 1. The second kappa shape index (κ2) is 10.7. The number of carbonyl (C=O) groups is 2. The third kappa shape index (κ3) is 8.33. The van der Waals surface area contributed by atoms with Crippen molar-refractivity contribution in [1.82, 2.24) is 10.2 Å². The summed E-state index contributed by atoms with van der Waals surface area (Å²) < 4.78 is 10.6. The van der Waals surface area contributed by atoms with E-state index in [1.807, 2.05) is 0 Å². The minimum atomic E-state index is -1.06. The van der Waals surface area contributed by atoms with Gasteiger partial charge in [0.25, 0.3) is 0 Å². The Morgan fingerprint density at radius 2 is 1.82 bits per heavy atom. The number of nitrogens with one attached hydrogen (secondary N) is 1. The maximum atomic E-state index is 11.4. The highest BCUT2D eigenvalue weighted by Gasteiger charge is 2.07. The van der Waals surface area contributed by atoms with Crippen LogP contribution in [-0.4, -0.2) is 62.3 Å². The average Bonchev–Trinajstić information content (AvgIpc) is 2.46. The molecule has 1 aromatic carbocycles. The Hall–Kier alpha value is -1.99. The first-order chi connectivity index (χ1) is 10.0. The van der Waals surface area contributed by atoms with E-state index >= 15 is 0 Å². The van der Waals surface area contributed by atoms with Gasteiger partial charge < -0.3 is 19.9 Å². The van der Waals surface area contributed by atoms with Gasteiger partial charge in [0.05, 0.1) is 13.7 Å². The summed E-state index contributed by atoms with van der Waals surface area (Å²) in [6.07, 6.45) is 0. The molecule has 0 saturated heterocycles. The van der Waals surface area contributed by atoms with Crippen molar-refractivity contribution in [2.45, 2.75) is 0 Å². The molecule has 0 radical (unpaired) electrons. The Morgan fingerprint density at radius 1 is 1.23 bits per heavy atom. The highest BCUT2D eigenvalue weighted by molar-refractivity contribution is 5.85. The molecule has 124 valence electrons. The monoisotopic (exact) mass is 332 g/mol. The van der Waals surface area contributed by atoms with Crippen LogP contribution in [0.25, 0.3) is 0 Å². The summed E-state index contributed by atoms with van der Waals surface area (Å²) in [7, 11) is 3.36. The quantitative estimate of drug-likeness (QED) is 0.689. The van der Waals surface area contributed by atoms with Gasteiger partial charge in [-0.15, -0.1) is 12.4 Å². The molecular weight excluding hydrogens is 312 g/mol. The lowest BCUT2D eigenvalue weighted by Gasteiger charge is -2.16. The third-order valence-electron chi connectivity index (χ3n) is 2.65. The summed E-state index contributed by atoms with van der Waals surface area (Å²) >= 11 is 0. The molecule has 0 atom stereocenters. The van der Waals surface area contributed by atoms with Gasteiger partial charge in [-0.05, 0) is 31.3 Å². The molecule has 0 aliphatic rings. The second-order valence-electron chi connectivity index (χ2n) is 4.43. The van der Waals surface area contributed by atoms with Gasteiger partial charge in [0.1, 0.15) is 24.7 Å². The normalized spacial score (nSPS) is 9.77. The molecule has 22 heavy (non-hydrogen) atoms. The largest absolute Gasteiger partial charge is 0.497 e. The predicted octanol–water partition coefficient (Wildman–Crippen LogP) is 0.628. The molecule has 0 fully saturated rings. The van der Waals surface area contributed by atoms with Crippen molar-refractivity contribution in [3.8, 4) is 11.5 Å². The highest BCUT2D eigenvalue weighted by atomic mass is 35.5. The van der Waals surface area contributed by atoms with Crippen LogP contribution in [0.4, 0.5) is 0 Å². The number of halogens is 1. The van der Waals surface area contributed by atoms with Crippen LogP contribution < -0.4 is 14.8 Å². The molecule has 0 spiro atoms. The lowest BCUT2D eigenvalue weighted by molar-refractivity contribution is -0.138. The number of likely N-dealkylation sites (N-methyl/N-ethyl adjacent to an activating group) is 1. The first-order valence-electron chi connectivity index (χ1n) is 6.45. The topological polar surface area (TPSA) is 88.1 Å². The number of hydrogen-bond acceptors (Lipinski definition) is 5. The van der Waals surface area contributed by atoms with E-state index < -0.39 is 5.97 Å². The Labute approximate surface area is 135 Å². The molecule has 0 heterocycles. The molecule has 1 aromatic rings. The standard InChI is InChI=1S/C14H20N2O5.ClH/c1-16(10-13(17)15-9-14(18)19)7-8-21-12-5-3-11(20-2)4-6-12;/h3-6H,7-10H2,1-2H3,(H,15,17)(H,18,19);1H. The van der Waals surface area contributed by atoms with Crippen LogP contribution in [0, 0.1) is 0 Å². The van der Waals surface area contributed by atoms with E-state index in [0.29, 0.717) is 13.2 Å². The third-order valence-corrected chi connectivity index (χ3v) is 2.65. The van der Waals surface area contributed by atoms with Crippen LogP contribution in [-0.2, 0) is 9.59 Å². The van der Waals surface area contributed by atoms with Gasteiger partial charge >= 0.3 is 5.97 Å². The fourth-order valence-corrected chi connectivity index (χ4v) is 1.55. The number of hydrogen-bond donors (Lipinski definition) is 2. The number of rotatable bonds is 9. The van der Waals surface area contributed by atoms with Crippen molar-refractivity contribution in [1.29, 1.82) is 0 Å². The highest BCUT2D eigenvalue weighted by Crippen LogP contribution is 2.16. The number of nitrogens with zero attached hydrogens (tertiary/aromatic N) is 1. The van der Waals surface area contributed by atoms with Gasteiger partial charge in [-0.3, -0.25) is 14.5 Å². The molecule has 1 rings (SSSR count). The molecule has 0 unspecified atom stereocenters. The first-order valence-corrected chi connectivity index (χ1v) is 6.45. The van der Waals surface area contributed by atoms with Crippen molar-refractivity contribution in [3.05, 3.63) is 24.3 Å². The molecule has 0 bridgehead atoms. The lowest BCUT2D eigenvalue weighted by Crippen LogP contribution is -2.38. The number of methoxy groups -OCH3 is 1. The summed E-state index contributed by atoms with van der Waals surface area (Å²) in [6, 6.07) is 7.22. The first kappa shape index (κ1) is 20.0. The van der Waals surface area contributed by atoms with E-state index in [1.54, 1.807) is 43.3 Å². The SMILES string of the molecule is COc1ccc(OCCN(C)CC(=O)NCC(=O)O)cc1.Cl. The zero-order valence-electron chi connectivity index (χ0n) is 12.6. The van der Waals surface area contributed by atoms with E-state index in [1.165, 1.54) is 0 Å². The molecule has 0 aliphatic heterocycles. The molecule has 1 amide bonds. The van der Waals surface area contributed by atoms with Crippen LogP contribution in [0.1, 0.15) is 0 Å². The van der Waals surface area contributed by atoms with Crippen LogP contribution >= 0.6 is 12.4 Å². The fourth-order valence-electron chi connectivity index (χ4n) is 1.55. The number of carbonyl (C=O) groups excluding carboxylic acids is 1. The Balaban J connectivity index is 0.00000441. The van der Waals surface area contributed by atoms with Gasteiger partial charge in [-0.1, -0.05) is 0 Å². The van der Waals surface area contributed by atoms with E-state index in [0.717, 1.165) is 11.5 Å². The number of ether oxygens (including phenoxy) is 2. The van der Waals surface area contributed by atoms with E-state index in [-0.39, 0.29) is 31.4 Å². The van der Waals surface area contributed by atoms with Crippen LogP contribution in [0.15, 0.2) is 24.3 Å². The van der Waals surface area contributed by atoms with Crippen LogP contribution in [0.2, 0.25) is 0 Å². The summed E-state index contributed by atoms with van der Waals surface area (Å²) in [5.74, 6) is 0.0901. The number of amides is 1. The summed E-state index contributed by atoms with van der Waals surface area (Å²) in [5, 5.41) is 10.7. The van der Waals surface area contributed by atoms with Crippen molar-refractivity contribution < 1.29 is 24.2 Å². The summed E-state index contributed by atoms with van der Waals surface area (Å²) in [6.45, 7) is 0.732. The lowest BCUT2D eigenvalue weighted by atomic mass is 10.3. The van der Waals surface area contributed by atoms with Gasteiger partial charge in [0.15, 0.2) is 0 Å². The molecule has 0 aliphatic carbocycles. The zero-order chi connectivity index (χ0) is 15.7. The van der Waals surface area contributed by atoms with E-state index in [9.17, 15) is 9.59 Å². The number of carboxylic acids is 1. The summed E-state index contributed by atoms with van der Waals surface area (Å²) in [5.41, 5.74) is 0. The van der Waals surface area contributed by atoms with E-state index in [4.69, 9.17) is 14.6 Å². The van der Waals surface area contributed by atoms with Crippen LogP contribution in [0.5, 0.6) is 11.5 Å². The minimum absolute atomic E-state index is 0. The second-order valence-corrected chi connectivity index (χ2v) is 4.43. The van der Waals surface area contributed by atoms with Gasteiger partial charge in [0.2, 0.25) is 5.91 Å². The molecular formula is C14H21ClN2O5. The smallest absolute Gasteiger partial charge is 0.322 e. The van der Waals surface area contributed by atoms with Crippen molar-refractivity contribution in [3.63, 3.8) is 0 Å². The van der Waals surface area contributed by atoms with Gasteiger partial charge in [0, 0.05) is 6.54 Å². The number of benzene rings is 1.